The monoisotopic (exact) mass is 437 g/mol. The number of H-pyrrole nitrogens is 1. The van der Waals surface area contributed by atoms with E-state index >= 15 is 0 Å². The van der Waals surface area contributed by atoms with Crippen molar-refractivity contribution in [1.82, 2.24) is 25.0 Å². The Morgan fingerprint density at radius 2 is 2.15 bits per heavy atom. The largest absolute Gasteiger partial charge is 0.420 e. The molecule has 0 bridgehead atoms. The fraction of sp³-hybridized carbons (Fsp3) is 0.375. The van der Waals surface area contributed by atoms with Gasteiger partial charge in [0.25, 0.3) is 0 Å². The van der Waals surface area contributed by atoms with E-state index in [0.717, 1.165) is 29.5 Å². The topological polar surface area (TPSA) is 98.8 Å². The van der Waals surface area contributed by atoms with Crippen LogP contribution in [0.1, 0.15) is 18.7 Å². The first-order chi connectivity index (χ1) is 12.7. The van der Waals surface area contributed by atoms with E-state index in [1.165, 1.54) is 11.8 Å². The van der Waals surface area contributed by atoms with Crippen LogP contribution < -0.4 is 5.69 Å². The SMILES string of the molecule is O=c1[nH]nc(SCc2nnc(-c3ccc(Br)cc3)o2)n1CC1CCCO1. The van der Waals surface area contributed by atoms with Crippen LogP contribution in [0, 0.1) is 0 Å². The third-order valence-corrected chi connectivity index (χ3v) is 5.51. The van der Waals surface area contributed by atoms with E-state index < -0.39 is 0 Å². The minimum absolute atomic E-state index is 0.0667. The number of aromatic nitrogens is 5. The van der Waals surface area contributed by atoms with Crippen LogP contribution in [0.4, 0.5) is 0 Å². The van der Waals surface area contributed by atoms with Crippen LogP contribution >= 0.6 is 27.7 Å². The van der Waals surface area contributed by atoms with Crippen molar-refractivity contribution in [3.63, 3.8) is 0 Å². The number of ether oxygens (including phenoxy) is 1. The molecule has 2 aromatic heterocycles. The number of aromatic amines is 1. The zero-order valence-electron chi connectivity index (χ0n) is 13.7. The first kappa shape index (κ1) is 17.5. The van der Waals surface area contributed by atoms with Gasteiger partial charge in [-0.25, -0.2) is 9.89 Å². The van der Waals surface area contributed by atoms with Gasteiger partial charge in [-0.3, -0.25) is 4.57 Å². The summed E-state index contributed by atoms with van der Waals surface area (Å²) in [5.74, 6) is 1.37. The molecule has 1 fully saturated rings. The van der Waals surface area contributed by atoms with Crippen molar-refractivity contribution in [2.45, 2.75) is 36.4 Å². The summed E-state index contributed by atoms with van der Waals surface area (Å²) in [4.78, 5) is 12.0. The zero-order valence-corrected chi connectivity index (χ0v) is 16.1. The summed E-state index contributed by atoms with van der Waals surface area (Å²) in [5, 5.41) is 15.3. The molecule has 8 nitrogen and oxygen atoms in total. The highest BCUT2D eigenvalue weighted by molar-refractivity contribution is 9.10. The van der Waals surface area contributed by atoms with Gasteiger partial charge >= 0.3 is 5.69 Å². The average molecular weight is 438 g/mol. The predicted molar refractivity (Wildman–Crippen MR) is 98.8 cm³/mol. The minimum Gasteiger partial charge on any atom is -0.420 e. The molecule has 0 spiro atoms. The van der Waals surface area contributed by atoms with Gasteiger partial charge in [-0.05, 0) is 37.1 Å². The highest BCUT2D eigenvalue weighted by Crippen LogP contribution is 2.24. The van der Waals surface area contributed by atoms with Gasteiger partial charge in [-0.1, -0.05) is 27.7 Å². The number of rotatable bonds is 6. The lowest BCUT2D eigenvalue weighted by Crippen LogP contribution is -2.24. The summed E-state index contributed by atoms with van der Waals surface area (Å²) >= 11 is 4.77. The third kappa shape index (κ3) is 3.92. The van der Waals surface area contributed by atoms with Crippen molar-refractivity contribution in [2.24, 2.45) is 0 Å². The van der Waals surface area contributed by atoms with Crippen molar-refractivity contribution in [3.05, 3.63) is 45.1 Å². The number of thioether (sulfide) groups is 1. The van der Waals surface area contributed by atoms with Crippen molar-refractivity contribution in [2.75, 3.05) is 6.61 Å². The van der Waals surface area contributed by atoms with Gasteiger partial charge in [0.2, 0.25) is 11.8 Å². The van der Waals surface area contributed by atoms with Gasteiger partial charge in [0.1, 0.15) is 0 Å². The number of hydrogen-bond donors (Lipinski definition) is 1. The molecule has 1 aromatic carbocycles. The van der Waals surface area contributed by atoms with Gasteiger partial charge in [-0.2, -0.15) is 0 Å². The minimum atomic E-state index is -0.232. The molecule has 26 heavy (non-hydrogen) atoms. The highest BCUT2D eigenvalue weighted by atomic mass is 79.9. The molecule has 0 amide bonds. The Labute approximate surface area is 161 Å². The molecule has 0 radical (unpaired) electrons. The second kappa shape index (κ2) is 7.77. The zero-order chi connectivity index (χ0) is 17.9. The van der Waals surface area contributed by atoms with E-state index in [2.05, 4.69) is 36.3 Å². The maximum absolute atomic E-state index is 12.0. The maximum atomic E-state index is 12.0. The van der Waals surface area contributed by atoms with Gasteiger partial charge in [0, 0.05) is 16.6 Å². The second-order valence-electron chi connectivity index (χ2n) is 5.85. The van der Waals surface area contributed by atoms with Crippen LogP contribution in [-0.4, -0.2) is 37.7 Å². The summed E-state index contributed by atoms with van der Waals surface area (Å²) in [6, 6.07) is 7.64. The Morgan fingerprint density at radius 3 is 2.92 bits per heavy atom. The molecular weight excluding hydrogens is 422 g/mol. The van der Waals surface area contributed by atoms with E-state index in [-0.39, 0.29) is 11.8 Å². The van der Waals surface area contributed by atoms with E-state index in [0.29, 0.717) is 29.2 Å². The van der Waals surface area contributed by atoms with Crippen LogP contribution in [0.15, 0.2) is 43.1 Å². The van der Waals surface area contributed by atoms with Crippen molar-refractivity contribution in [3.8, 4) is 11.5 Å². The summed E-state index contributed by atoms with van der Waals surface area (Å²) < 4.78 is 13.9. The molecule has 136 valence electrons. The fourth-order valence-corrected chi connectivity index (χ4v) is 3.77. The van der Waals surface area contributed by atoms with Gasteiger partial charge in [-0.15, -0.1) is 15.3 Å². The number of nitrogens with zero attached hydrogens (tertiary/aromatic N) is 4. The molecule has 1 unspecified atom stereocenters. The molecule has 3 heterocycles. The quantitative estimate of drug-likeness (QED) is 0.591. The molecule has 10 heteroatoms. The normalized spacial score (nSPS) is 17.0. The van der Waals surface area contributed by atoms with Crippen LogP contribution in [-0.2, 0) is 17.0 Å². The molecule has 0 aliphatic carbocycles. The first-order valence-electron chi connectivity index (χ1n) is 8.17. The Hall–Kier alpha value is -1.91. The molecule has 4 rings (SSSR count). The van der Waals surface area contributed by atoms with Crippen LogP contribution in [0.5, 0.6) is 0 Å². The lowest BCUT2D eigenvalue weighted by atomic mass is 10.2. The molecule has 0 saturated carbocycles. The van der Waals surface area contributed by atoms with Gasteiger partial charge in [0.05, 0.1) is 18.4 Å². The Balaban J connectivity index is 1.43. The van der Waals surface area contributed by atoms with Crippen molar-refractivity contribution in [1.29, 1.82) is 0 Å². The van der Waals surface area contributed by atoms with E-state index in [4.69, 9.17) is 9.15 Å². The lowest BCUT2D eigenvalue weighted by molar-refractivity contribution is 0.0941. The molecule has 3 aromatic rings. The summed E-state index contributed by atoms with van der Waals surface area (Å²) in [6.07, 6.45) is 2.06. The fourth-order valence-electron chi connectivity index (χ4n) is 2.71. The summed E-state index contributed by atoms with van der Waals surface area (Å²) in [5.41, 5.74) is 0.621. The van der Waals surface area contributed by atoms with Gasteiger partial charge in [0.15, 0.2) is 5.16 Å². The van der Waals surface area contributed by atoms with Gasteiger partial charge < -0.3 is 9.15 Å². The summed E-state index contributed by atoms with van der Waals surface area (Å²) in [7, 11) is 0. The predicted octanol–water partition coefficient (Wildman–Crippen LogP) is 2.86. The lowest BCUT2D eigenvalue weighted by Gasteiger charge is -2.10. The van der Waals surface area contributed by atoms with Crippen LogP contribution in [0.25, 0.3) is 11.5 Å². The second-order valence-corrected chi connectivity index (χ2v) is 7.71. The number of benzene rings is 1. The van der Waals surface area contributed by atoms with E-state index in [9.17, 15) is 4.79 Å². The standard InChI is InChI=1S/C16H16BrN5O3S/c17-11-5-3-10(4-6-11)14-19-18-13(25-14)9-26-16-21-20-15(23)22(16)8-12-2-1-7-24-12/h3-6,12H,1-2,7-9H2,(H,20,23). The average Bonchev–Trinajstić information content (AvgIpc) is 3.38. The molecule has 1 saturated heterocycles. The van der Waals surface area contributed by atoms with Crippen LogP contribution in [0.2, 0.25) is 0 Å². The maximum Gasteiger partial charge on any atom is 0.344 e. The Morgan fingerprint density at radius 1 is 1.31 bits per heavy atom. The van der Waals surface area contributed by atoms with Crippen molar-refractivity contribution >= 4 is 27.7 Å². The summed E-state index contributed by atoms with van der Waals surface area (Å²) in [6.45, 7) is 1.26. The highest BCUT2D eigenvalue weighted by Gasteiger charge is 2.20. The molecule has 1 atom stereocenters. The Bertz CT molecular complexity index is 930. The third-order valence-electron chi connectivity index (χ3n) is 4.02. The van der Waals surface area contributed by atoms with E-state index in [1.54, 1.807) is 4.57 Å². The smallest absolute Gasteiger partial charge is 0.344 e. The number of hydrogen-bond acceptors (Lipinski definition) is 7. The molecule has 1 aliphatic rings. The number of nitrogens with one attached hydrogen (secondary N) is 1. The molecular formula is C16H16BrN5O3S. The first-order valence-corrected chi connectivity index (χ1v) is 9.95. The van der Waals surface area contributed by atoms with E-state index in [1.807, 2.05) is 24.3 Å². The van der Waals surface area contributed by atoms with Crippen LogP contribution in [0.3, 0.4) is 0 Å². The molecule has 1 aliphatic heterocycles. The Kier molecular flexibility index (Phi) is 5.23. The van der Waals surface area contributed by atoms with Crippen molar-refractivity contribution < 1.29 is 9.15 Å². The number of halogens is 1. The molecule has 1 N–H and O–H groups in total.